The van der Waals surface area contributed by atoms with Gasteiger partial charge in [-0.1, -0.05) is 37.3 Å². The van der Waals surface area contributed by atoms with Crippen molar-refractivity contribution >= 4 is 0 Å². The molecule has 1 heteroatoms. The standard InChI is InChI=1S/C15H23N/c1-13(2)16-11-9-15(3,10-12-16)14-7-5-4-6-8-14/h4-8,13H,9-12H2,1-3H3. The molecule has 0 bridgehead atoms. The Balaban J connectivity index is 2.07. The summed E-state index contributed by atoms with van der Waals surface area (Å²) in [5.41, 5.74) is 1.91. The highest BCUT2D eigenvalue weighted by Crippen LogP contribution is 2.35. The van der Waals surface area contributed by atoms with Crippen LogP contribution in [0.4, 0.5) is 0 Å². The normalized spacial score (nSPS) is 21.2. The van der Waals surface area contributed by atoms with Crippen LogP contribution in [-0.2, 0) is 5.41 Å². The van der Waals surface area contributed by atoms with Crippen LogP contribution in [-0.4, -0.2) is 24.0 Å². The molecule has 88 valence electrons. The molecule has 0 amide bonds. The summed E-state index contributed by atoms with van der Waals surface area (Å²) in [6.45, 7) is 9.49. The van der Waals surface area contributed by atoms with E-state index in [1.165, 1.54) is 31.5 Å². The first kappa shape index (κ1) is 11.7. The Morgan fingerprint density at radius 2 is 1.62 bits per heavy atom. The second kappa shape index (κ2) is 4.58. The van der Waals surface area contributed by atoms with Gasteiger partial charge >= 0.3 is 0 Å². The lowest BCUT2D eigenvalue weighted by Gasteiger charge is -2.41. The molecular formula is C15H23N. The van der Waals surface area contributed by atoms with E-state index in [1.54, 1.807) is 0 Å². The Bertz CT molecular complexity index is 321. The fraction of sp³-hybridized carbons (Fsp3) is 0.600. The quantitative estimate of drug-likeness (QED) is 0.733. The van der Waals surface area contributed by atoms with Crippen LogP contribution in [0.3, 0.4) is 0 Å². The number of piperidine rings is 1. The van der Waals surface area contributed by atoms with Gasteiger partial charge in [-0.3, -0.25) is 0 Å². The molecule has 1 nitrogen and oxygen atoms in total. The summed E-state index contributed by atoms with van der Waals surface area (Å²) >= 11 is 0. The van der Waals surface area contributed by atoms with E-state index >= 15 is 0 Å². The minimum atomic E-state index is 0.395. The third-order valence-corrected chi connectivity index (χ3v) is 4.10. The summed E-state index contributed by atoms with van der Waals surface area (Å²) in [5.74, 6) is 0. The molecule has 1 fully saturated rings. The zero-order chi connectivity index (χ0) is 11.6. The van der Waals surface area contributed by atoms with Gasteiger partial charge in [0.15, 0.2) is 0 Å². The molecule has 0 atom stereocenters. The summed E-state index contributed by atoms with van der Waals surface area (Å²) in [7, 11) is 0. The minimum Gasteiger partial charge on any atom is -0.301 e. The summed E-state index contributed by atoms with van der Waals surface area (Å²) in [4.78, 5) is 2.59. The SMILES string of the molecule is CC(C)N1CCC(C)(c2ccccc2)CC1. The van der Waals surface area contributed by atoms with Gasteiger partial charge in [0.05, 0.1) is 0 Å². The van der Waals surface area contributed by atoms with Crippen molar-refractivity contribution in [1.29, 1.82) is 0 Å². The number of hydrogen-bond acceptors (Lipinski definition) is 1. The molecule has 1 aromatic rings. The second-order valence-electron chi connectivity index (χ2n) is 5.56. The molecule has 16 heavy (non-hydrogen) atoms. The van der Waals surface area contributed by atoms with Gasteiger partial charge in [-0.15, -0.1) is 0 Å². The van der Waals surface area contributed by atoms with Crippen LogP contribution in [0, 0.1) is 0 Å². The number of nitrogens with zero attached hydrogens (tertiary/aromatic N) is 1. The highest BCUT2D eigenvalue weighted by Gasteiger charge is 2.31. The first-order valence-electron chi connectivity index (χ1n) is 6.41. The minimum absolute atomic E-state index is 0.395. The lowest BCUT2D eigenvalue weighted by atomic mass is 9.74. The van der Waals surface area contributed by atoms with Crippen LogP contribution in [0.15, 0.2) is 30.3 Å². The van der Waals surface area contributed by atoms with Crippen LogP contribution in [0.25, 0.3) is 0 Å². The second-order valence-corrected chi connectivity index (χ2v) is 5.56. The Morgan fingerprint density at radius 1 is 1.06 bits per heavy atom. The van der Waals surface area contributed by atoms with E-state index in [2.05, 4.69) is 56.0 Å². The van der Waals surface area contributed by atoms with E-state index in [9.17, 15) is 0 Å². The summed E-state index contributed by atoms with van der Waals surface area (Å²) in [5, 5.41) is 0. The van der Waals surface area contributed by atoms with E-state index in [0.717, 1.165) is 0 Å². The van der Waals surface area contributed by atoms with Crippen molar-refractivity contribution in [3.05, 3.63) is 35.9 Å². The van der Waals surface area contributed by atoms with Crippen LogP contribution in [0.5, 0.6) is 0 Å². The van der Waals surface area contributed by atoms with Crippen LogP contribution >= 0.6 is 0 Å². The fourth-order valence-corrected chi connectivity index (χ4v) is 2.66. The summed E-state index contributed by atoms with van der Waals surface area (Å²) in [6.07, 6.45) is 2.57. The van der Waals surface area contributed by atoms with Gasteiger partial charge in [-0.25, -0.2) is 0 Å². The monoisotopic (exact) mass is 217 g/mol. The zero-order valence-electron chi connectivity index (χ0n) is 10.7. The van der Waals surface area contributed by atoms with Crippen molar-refractivity contribution < 1.29 is 0 Å². The molecule has 1 heterocycles. The third kappa shape index (κ3) is 2.30. The van der Waals surface area contributed by atoms with E-state index in [0.29, 0.717) is 11.5 Å². The Kier molecular flexibility index (Phi) is 3.34. The first-order chi connectivity index (χ1) is 7.62. The number of rotatable bonds is 2. The van der Waals surface area contributed by atoms with Crippen molar-refractivity contribution in [2.24, 2.45) is 0 Å². The van der Waals surface area contributed by atoms with Crippen molar-refractivity contribution in [2.75, 3.05) is 13.1 Å². The van der Waals surface area contributed by atoms with E-state index in [1.807, 2.05) is 0 Å². The molecule has 1 aliphatic rings. The van der Waals surface area contributed by atoms with Gasteiger partial charge in [0.25, 0.3) is 0 Å². The first-order valence-corrected chi connectivity index (χ1v) is 6.41. The summed E-state index contributed by atoms with van der Waals surface area (Å²) in [6, 6.07) is 11.7. The molecule has 2 rings (SSSR count). The average molecular weight is 217 g/mol. The number of likely N-dealkylation sites (tertiary alicyclic amines) is 1. The molecule has 0 saturated carbocycles. The van der Waals surface area contributed by atoms with Gasteiger partial charge in [-0.05, 0) is 50.8 Å². The van der Waals surface area contributed by atoms with Gasteiger partial charge in [0.1, 0.15) is 0 Å². The fourth-order valence-electron chi connectivity index (χ4n) is 2.66. The predicted octanol–water partition coefficient (Wildman–Crippen LogP) is 3.45. The molecular weight excluding hydrogens is 194 g/mol. The van der Waals surface area contributed by atoms with Gasteiger partial charge < -0.3 is 4.90 Å². The molecule has 0 unspecified atom stereocenters. The number of benzene rings is 1. The predicted molar refractivity (Wildman–Crippen MR) is 69.7 cm³/mol. The smallest absolute Gasteiger partial charge is 0.00386 e. The van der Waals surface area contributed by atoms with Gasteiger partial charge in [-0.2, -0.15) is 0 Å². The maximum Gasteiger partial charge on any atom is 0.00386 e. The topological polar surface area (TPSA) is 3.24 Å². The molecule has 0 spiro atoms. The van der Waals surface area contributed by atoms with E-state index in [4.69, 9.17) is 0 Å². The molecule has 0 aromatic heterocycles. The highest BCUT2D eigenvalue weighted by atomic mass is 15.1. The molecule has 1 aliphatic heterocycles. The van der Waals surface area contributed by atoms with Crippen molar-refractivity contribution in [1.82, 2.24) is 4.90 Å². The molecule has 0 N–H and O–H groups in total. The van der Waals surface area contributed by atoms with Crippen molar-refractivity contribution in [3.8, 4) is 0 Å². The Morgan fingerprint density at radius 3 is 2.12 bits per heavy atom. The molecule has 0 aliphatic carbocycles. The van der Waals surface area contributed by atoms with Crippen LogP contribution < -0.4 is 0 Å². The van der Waals surface area contributed by atoms with Gasteiger partial charge in [0, 0.05) is 6.04 Å². The lowest BCUT2D eigenvalue weighted by molar-refractivity contribution is 0.137. The molecule has 1 saturated heterocycles. The highest BCUT2D eigenvalue weighted by molar-refractivity contribution is 5.25. The molecule has 1 aromatic carbocycles. The van der Waals surface area contributed by atoms with E-state index < -0.39 is 0 Å². The summed E-state index contributed by atoms with van der Waals surface area (Å²) < 4.78 is 0. The van der Waals surface area contributed by atoms with Gasteiger partial charge in [0.2, 0.25) is 0 Å². The maximum absolute atomic E-state index is 2.59. The average Bonchev–Trinajstić information content (AvgIpc) is 2.31. The largest absolute Gasteiger partial charge is 0.301 e. The lowest BCUT2D eigenvalue weighted by Crippen LogP contribution is -2.43. The zero-order valence-corrected chi connectivity index (χ0v) is 10.7. The van der Waals surface area contributed by atoms with Crippen molar-refractivity contribution in [2.45, 2.75) is 45.1 Å². The van der Waals surface area contributed by atoms with Crippen molar-refractivity contribution in [3.63, 3.8) is 0 Å². The Hall–Kier alpha value is -0.820. The van der Waals surface area contributed by atoms with E-state index in [-0.39, 0.29) is 0 Å². The Labute approximate surface area is 99.5 Å². The van der Waals surface area contributed by atoms with Crippen LogP contribution in [0.1, 0.15) is 39.2 Å². The number of hydrogen-bond donors (Lipinski definition) is 0. The third-order valence-electron chi connectivity index (χ3n) is 4.10. The van der Waals surface area contributed by atoms with Crippen LogP contribution in [0.2, 0.25) is 0 Å². The maximum atomic E-state index is 2.59. The molecule has 0 radical (unpaired) electrons.